The minimum Gasteiger partial charge on any atom is -0.358 e. The molecule has 1 amide bonds. The lowest BCUT2D eigenvalue weighted by molar-refractivity contribution is -0.118. The van der Waals surface area contributed by atoms with Crippen LogP contribution in [0.3, 0.4) is 0 Å². The van der Waals surface area contributed by atoms with E-state index < -0.39 is 0 Å². The van der Waals surface area contributed by atoms with Crippen molar-refractivity contribution in [3.63, 3.8) is 0 Å². The van der Waals surface area contributed by atoms with Crippen LogP contribution in [0.15, 0.2) is 27.8 Å². The molecule has 1 aromatic heterocycles. The van der Waals surface area contributed by atoms with Gasteiger partial charge in [0.2, 0.25) is 5.91 Å². The Bertz CT molecular complexity index is 306. The minimum atomic E-state index is 0.00627. The number of aromatic nitrogens is 1. The van der Waals surface area contributed by atoms with Gasteiger partial charge in [0.1, 0.15) is 4.60 Å². The largest absolute Gasteiger partial charge is 0.358 e. The molecule has 0 unspecified atom stereocenters. The van der Waals surface area contributed by atoms with Crippen LogP contribution in [-0.4, -0.2) is 23.7 Å². The number of amides is 1. The van der Waals surface area contributed by atoms with Crippen molar-refractivity contribution < 1.29 is 4.79 Å². The van der Waals surface area contributed by atoms with Crippen molar-refractivity contribution in [1.29, 1.82) is 0 Å². The van der Waals surface area contributed by atoms with E-state index >= 15 is 0 Å². The van der Waals surface area contributed by atoms with E-state index in [-0.39, 0.29) is 5.91 Å². The molecule has 1 heterocycles. The first kappa shape index (κ1) is 10.5. The summed E-state index contributed by atoms with van der Waals surface area (Å²) in [6, 6.07) is 5.62. The number of nitrogens with one attached hydrogen (secondary N) is 1. The second-order valence-electron chi connectivity index (χ2n) is 2.26. The number of carbonyl (C=O) groups excluding carboxylic acids is 1. The van der Waals surface area contributed by atoms with Gasteiger partial charge >= 0.3 is 0 Å². The maximum Gasteiger partial charge on any atom is 0.230 e. The predicted molar refractivity (Wildman–Crippen MR) is 56.7 cm³/mol. The summed E-state index contributed by atoms with van der Waals surface area (Å²) in [4.78, 5) is 15.1. The van der Waals surface area contributed by atoms with Crippen molar-refractivity contribution in [3.05, 3.63) is 22.8 Å². The Balaban J connectivity index is 2.50. The SMILES string of the molecule is CNC(=O)CSc1cccc(Br)n1. The molecule has 13 heavy (non-hydrogen) atoms. The molecule has 1 aromatic rings. The molecule has 0 saturated heterocycles. The summed E-state index contributed by atoms with van der Waals surface area (Å²) in [6.45, 7) is 0. The highest BCUT2D eigenvalue weighted by atomic mass is 79.9. The molecule has 70 valence electrons. The van der Waals surface area contributed by atoms with Crippen LogP contribution in [0.25, 0.3) is 0 Å². The molecule has 0 atom stereocenters. The van der Waals surface area contributed by atoms with Gasteiger partial charge in [0, 0.05) is 7.05 Å². The number of hydrogen-bond donors (Lipinski definition) is 1. The number of thioether (sulfide) groups is 1. The van der Waals surface area contributed by atoms with Gasteiger partial charge in [-0.3, -0.25) is 4.79 Å². The lowest BCUT2D eigenvalue weighted by Gasteiger charge is -1.99. The summed E-state index contributed by atoms with van der Waals surface area (Å²) in [5.74, 6) is 0.409. The van der Waals surface area contributed by atoms with Crippen LogP contribution in [0.4, 0.5) is 0 Å². The van der Waals surface area contributed by atoms with Gasteiger partial charge in [-0.15, -0.1) is 0 Å². The minimum absolute atomic E-state index is 0.00627. The highest BCUT2D eigenvalue weighted by Crippen LogP contribution is 2.17. The number of pyridine rings is 1. The van der Waals surface area contributed by atoms with Crippen LogP contribution < -0.4 is 5.32 Å². The van der Waals surface area contributed by atoms with Gasteiger partial charge in [0.05, 0.1) is 10.8 Å². The summed E-state index contributed by atoms with van der Waals surface area (Å²) < 4.78 is 0.786. The Morgan fingerprint density at radius 1 is 1.69 bits per heavy atom. The van der Waals surface area contributed by atoms with Gasteiger partial charge in [0.15, 0.2) is 0 Å². The second kappa shape index (κ2) is 5.24. The topological polar surface area (TPSA) is 42.0 Å². The lowest BCUT2D eigenvalue weighted by atomic mass is 10.5. The van der Waals surface area contributed by atoms with Crippen LogP contribution in [0.5, 0.6) is 0 Å². The Morgan fingerprint density at radius 2 is 2.46 bits per heavy atom. The van der Waals surface area contributed by atoms with Crippen LogP contribution in [-0.2, 0) is 4.79 Å². The predicted octanol–water partition coefficient (Wildman–Crippen LogP) is 1.68. The average molecular weight is 261 g/mol. The number of rotatable bonds is 3. The quantitative estimate of drug-likeness (QED) is 0.665. The standard InChI is InChI=1S/C8H9BrN2OS/c1-10-7(12)5-13-8-4-2-3-6(9)11-8/h2-4H,5H2,1H3,(H,10,12). The third-order valence-corrected chi connectivity index (χ3v) is 2.69. The maximum atomic E-state index is 10.9. The number of nitrogens with zero attached hydrogens (tertiary/aromatic N) is 1. The van der Waals surface area contributed by atoms with E-state index in [0.29, 0.717) is 5.75 Å². The first-order valence-corrected chi connectivity index (χ1v) is 5.46. The number of carbonyl (C=O) groups is 1. The molecule has 0 radical (unpaired) electrons. The molecule has 0 aliphatic rings. The maximum absolute atomic E-state index is 10.9. The molecule has 0 saturated carbocycles. The highest BCUT2D eigenvalue weighted by molar-refractivity contribution is 9.10. The monoisotopic (exact) mass is 260 g/mol. The summed E-state index contributed by atoms with van der Waals surface area (Å²) in [6.07, 6.45) is 0. The van der Waals surface area contributed by atoms with E-state index in [4.69, 9.17) is 0 Å². The van der Waals surface area contributed by atoms with Gasteiger partial charge in [-0.2, -0.15) is 0 Å². The normalized spacial score (nSPS) is 9.69. The fourth-order valence-electron chi connectivity index (χ4n) is 0.682. The van der Waals surface area contributed by atoms with E-state index in [1.54, 1.807) is 7.05 Å². The van der Waals surface area contributed by atoms with Crippen molar-refractivity contribution in [2.45, 2.75) is 5.03 Å². The van der Waals surface area contributed by atoms with E-state index in [9.17, 15) is 4.79 Å². The fourth-order valence-corrected chi connectivity index (χ4v) is 1.90. The summed E-state index contributed by atoms with van der Waals surface area (Å²) in [5, 5.41) is 3.40. The molecule has 0 bridgehead atoms. The Hall–Kier alpha value is -0.550. The summed E-state index contributed by atoms with van der Waals surface area (Å²) in [5.41, 5.74) is 0. The molecule has 1 N–H and O–H groups in total. The van der Waals surface area contributed by atoms with E-state index in [1.165, 1.54) is 11.8 Å². The van der Waals surface area contributed by atoms with Crippen molar-refractivity contribution in [1.82, 2.24) is 10.3 Å². The second-order valence-corrected chi connectivity index (χ2v) is 4.07. The van der Waals surface area contributed by atoms with Crippen molar-refractivity contribution >= 4 is 33.6 Å². The zero-order valence-electron chi connectivity index (χ0n) is 7.08. The smallest absolute Gasteiger partial charge is 0.230 e. The van der Waals surface area contributed by atoms with Crippen LogP contribution in [0, 0.1) is 0 Å². The van der Waals surface area contributed by atoms with E-state index in [0.717, 1.165) is 9.63 Å². The molecule has 1 rings (SSSR count). The van der Waals surface area contributed by atoms with Crippen molar-refractivity contribution in [2.75, 3.05) is 12.8 Å². The molecular formula is C8H9BrN2OS. The number of hydrogen-bond acceptors (Lipinski definition) is 3. The third-order valence-electron chi connectivity index (χ3n) is 1.32. The van der Waals surface area contributed by atoms with Crippen LogP contribution in [0.1, 0.15) is 0 Å². The average Bonchev–Trinajstić information content (AvgIpc) is 2.14. The van der Waals surface area contributed by atoms with Gasteiger partial charge in [-0.25, -0.2) is 4.98 Å². The van der Waals surface area contributed by atoms with Gasteiger partial charge < -0.3 is 5.32 Å². The molecule has 3 nitrogen and oxygen atoms in total. The first-order valence-electron chi connectivity index (χ1n) is 3.68. The van der Waals surface area contributed by atoms with Crippen molar-refractivity contribution in [2.24, 2.45) is 0 Å². The van der Waals surface area contributed by atoms with E-state index in [2.05, 4.69) is 26.2 Å². The van der Waals surface area contributed by atoms with E-state index in [1.807, 2.05) is 18.2 Å². The molecule has 5 heteroatoms. The lowest BCUT2D eigenvalue weighted by Crippen LogP contribution is -2.19. The first-order chi connectivity index (χ1) is 6.22. The summed E-state index contributed by atoms with van der Waals surface area (Å²) >= 11 is 4.68. The molecule has 0 spiro atoms. The Kier molecular flexibility index (Phi) is 4.24. The zero-order chi connectivity index (χ0) is 9.68. The van der Waals surface area contributed by atoms with Gasteiger partial charge in [0.25, 0.3) is 0 Å². The molecule has 0 fully saturated rings. The number of halogens is 1. The van der Waals surface area contributed by atoms with Crippen molar-refractivity contribution in [3.8, 4) is 0 Å². The highest BCUT2D eigenvalue weighted by Gasteiger charge is 2.00. The fraction of sp³-hybridized carbons (Fsp3) is 0.250. The van der Waals surface area contributed by atoms with Gasteiger partial charge in [-0.1, -0.05) is 17.8 Å². The molecule has 0 aromatic carbocycles. The zero-order valence-corrected chi connectivity index (χ0v) is 9.48. The van der Waals surface area contributed by atoms with Crippen LogP contribution >= 0.6 is 27.7 Å². The Labute approximate surface area is 89.4 Å². The molecule has 0 aliphatic heterocycles. The third kappa shape index (κ3) is 3.78. The van der Waals surface area contributed by atoms with Crippen LogP contribution in [0.2, 0.25) is 0 Å². The summed E-state index contributed by atoms with van der Waals surface area (Å²) in [7, 11) is 1.62. The Morgan fingerprint density at radius 3 is 3.08 bits per heavy atom. The molecular weight excluding hydrogens is 252 g/mol. The molecule has 0 aliphatic carbocycles. The van der Waals surface area contributed by atoms with Gasteiger partial charge in [-0.05, 0) is 28.1 Å².